The van der Waals surface area contributed by atoms with Gasteiger partial charge in [-0.1, -0.05) is 0 Å². The summed E-state index contributed by atoms with van der Waals surface area (Å²) in [7, 11) is 0. The van der Waals surface area contributed by atoms with Crippen LogP contribution in [0.5, 0.6) is 0 Å². The van der Waals surface area contributed by atoms with Gasteiger partial charge in [0, 0.05) is 6.92 Å². The minimum Gasteiger partial charge on any atom is -0.394 e. The van der Waals surface area contributed by atoms with Crippen LogP contribution < -0.4 is 5.32 Å². The molecule has 5 fully saturated rings. The highest BCUT2D eigenvalue weighted by Crippen LogP contribution is 2.36. The Balaban J connectivity index is 1.48. The lowest BCUT2D eigenvalue weighted by atomic mass is 9.95. The second-order valence-corrected chi connectivity index (χ2v) is 14.7. The summed E-state index contributed by atoms with van der Waals surface area (Å²) in [6.07, 6.45) is -46.1. The molecule has 0 bridgehead atoms. The van der Waals surface area contributed by atoms with Gasteiger partial charge in [-0.25, -0.2) is 0 Å². The van der Waals surface area contributed by atoms with Crippen LogP contribution in [0, 0.1) is 0 Å². The van der Waals surface area contributed by atoms with Crippen LogP contribution in [0.1, 0.15) is 6.92 Å². The molecule has 0 aromatic carbocycles. The third kappa shape index (κ3) is 10.2. The number of amides is 1. The predicted octanol–water partition coefficient (Wildman–Crippen LogP) is -11.8. The van der Waals surface area contributed by atoms with Crippen LogP contribution in [0.25, 0.3) is 0 Å². The smallest absolute Gasteiger partial charge is 0.217 e. The molecule has 5 rings (SSSR count). The largest absolute Gasteiger partial charge is 0.394 e. The zero-order valence-electron chi connectivity index (χ0n) is 31.2. The van der Waals surface area contributed by atoms with Crippen LogP contribution in [-0.2, 0) is 47.4 Å². The molecule has 1 amide bonds. The molecule has 59 heavy (non-hydrogen) atoms. The maximum Gasteiger partial charge on any atom is 0.217 e. The Bertz CT molecular complexity index is 1320. The topological polar surface area (TPSA) is 436 Å². The molecule has 17 N–H and O–H groups in total. The average Bonchev–Trinajstić information content (AvgIpc) is 3.21. The van der Waals surface area contributed by atoms with Crippen molar-refractivity contribution in [2.75, 3.05) is 33.0 Å². The SMILES string of the molecule is CC(=O)N[C@H]1C(O)O[C@H](CO)[C@@H](O)[C@@H]1O[C@@H]1O[C@H](CO)[C@@H](O)[C@H](O)[C@@H]1O[C@H]1O[C@H](CO)[C@@H](O)[C@H](O)[C@@H]1O[C@H]1O[C@H](CO)[C@@H](O)[C@H](O)[C@@H]1O[C@@H]1O[C@H](CO)[C@@H](O)[C@H](O)[C@@H]1O. The van der Waals surface area contributed by atoms with Crippen molar-refractivity contribution in [2.24, 2.45) is 0 Å². The summed E-state index contributed by atoms with van der Waals surface area (Å²) in [6.45, 7) is -3.62. The first-order valence-electron chi connectivity index (χ1n) is 18.6. The molecule has 5 heterocycles. The summed E-state index contributed by atoms with van der Waals surface area (Å²) < 4.78 is 50.9. The molecule has 27 heteroatoms. The van der Waals surface area contributed by atoms with Crippen molar-refractivity contribution in [2.45, 2.75) is 160 Å². The van der Waals surface area contributed by atoms with E-state index in [-0.39, 0.29) is 0 Å². The molecule has 0 aliphatic carbocycles. The van der Waals surface area contributed by atoms with Gasteiger partial charge in [-0.2, -0.15) is 0 Å². The minimum absolute atomic E-state index is 0.750. The van der Waals surface area contributed by atoms with Crippen molar-refractivity contribution in [1.29, 1.82) is 0 Å². The molecular weight excluding hydrogens is 814 g/mol. The molecule has 0 spiro atoms. The van der Waals surface area contributed by atoms with E-state index in [9.17, 15) is 86.5 Å². The number of carbonyl (C=O) groups excluding carboxylic acids is 1. The Kier molecular flexibility index (Phi) is 17.1. The van der Waals surface area contributed by atoms with E-state index in [0.717, 1.165) is 6.92 Å². The van der Waals surface area contributed by atoms with Gasteiger partial charge in [-0.05, 0) is 0 Å². The van der Waals surface area contributed by atoms with Crippen LogP contribution in [-0.4, -0.2) is 274 Å². The fourth-order valence-corrected chi connectivity index (χ4v) is 7.37. The van der Waals surface area contributed by atoms with E-state index >= 15 is 0 Å². The van der Waals surface area contributed by atoms with Gasteiger partial charge in [-0.3, -0.25) is 4.79 Å². The molecule has 0 aromatic heterocycles. The summed E-state index contributed by atoms with van der Waals surface area (Å²) >= 11 is 0. The standard InChI is InChI=1S/C32H55NO26/c1-7(39)33-13-24(18(44)12(6-38)51-28(13)50)56-30-26(21(47)16(42)9(3-35)53-30)58-32-27(22(48)17(43)11(5-37)55-32)59-31-25(20(46)15(41)10(4-36)54-31)57-29-23(49)19(45)14(40)8(2-34)52-29/h8-32,34-38,40-50H,2-6H2,1H3,(H,33,39)/t8-,9-,10-,11-,12-,13-,14-,15-,16-,17-,18-,19+,20+,21+,22+,23+,24-,25+,26+,27+,28?,29+,30+,31-,32-/m1/s1. The third-order valence-electron chi connectivity index (χ3n) is 10.7. The Morgan fingerprint density at radius 3 is 1.07 bits per heavy atom. The molecule has 1 unspecified atom stereocenters. The average molecular weight is 870 g/mol. The van der Waals surface area contributed by atoms with Gasteiger partial charge in [0.2, 0.25) is 5.91 Å². The van der Waals surface area contributed by atoms with Gasteiger partial charge in [0.25, 0.3) is 0 Å². The van der Waals surface area contributed by atoms with Crippen molar-refractivity contribution < 1.29 is 129 Å². The molecule has 25 atom stereocenters. The van der Waals surface area contributed by atoms with Gasteiger partial charge in [0.05, 0.1) is 33.0 Å². The monoisotopic (exact) mass is 869 g/mol. The van der Waals surface area contributed by atoms with Gasteiger partial charge in [-0.15, -0.1) is 0 Å². The van der Waals surface area contributed by atoms with E-state index in [1.165, 1.54) is 0 Å². The number of aliphatic hydroxyl groups excluding tert-OH is 16. The minimum atomic E-state index is -2.17. The number of aliphatic hydroxyl groups is 16. The van der Waals surface area contributed by atoms with E-state index in [1.807, 2.05) is 0 Å². The van der Waals surface area contributed by atoms with E-state index in [1.54, 1.807) is 0 Å². The van der Waals surface area contributed by atoms with Crippen LogP contribution in [0.15, 0.2) is 0 Å². The Morgan fingerprint density at radius 2 is 0.712 bits per heavy atom. The van der Waals surface area contributed by atoms with E-state index in [2.05, 4.69) is 5.32 Å². The fraction of sp³-hybridized carbons (Fsp3) is 0.969. The van der Waals surface area contributed by atoms with Crippen LogP contribution in [0.4, 0.5) is 0 Å². The summed E-state index contributed by atoms with van der Waals surface area (Å²) in [6, 6.07) is -1.59. The van der Waals surface area contributed by atoms with E-state index in [0.29, 0.717) is 0 Å². The Labute approximate surface area is 333 Å². The van der Waals surface area contributed by atoms with Crippen molar-refractivity contribution in [3.63, 3.8) is 0 Å². The molecule has 0 saturated carbocycles. The Morgan fingerprint density at radius 1 is 0.407 bits per heavy atom. The zero-order valence-corrected chi connectivity index (χ0v) is 31.2. The van der Waals surface area contributed by atoms with Crippen molar-refractivity contribution in [1.82, 2.24) is 5.32 Å². The second-order valence-electron chi connectivity index (χ2n) is 14.7. The van der Waals surface area contributed by atoms with Crippen LogP contribution in [0.2, 0.25) is 0 Å². The van der Waals surface area contributed by atoms with Crippen molar-refractivity contribution >= 4 is 5.91 Å². The first-order valence-corrected chi connectivity index (χ1v) is 18.6. The molecule has 0 aromatic rings. The third-order valence-corrected chi connectivity index (χ3v) is 10.7. The van der Waals surface area contributed by atoms with Crippen LogP contribution >= 0.6 is 0 Å². The maximum atomic E-state index is 12.0. The molecule has 27 nitrogen and oxygen atoms in total. The summed E-state index contributed by atoms with van der Waals surface area (Å²) in [4.78, 5) is 12.0. The highest BCUT2D eigenvalue weighted by atomic mass is 16.8. The van der Waals surface area contributed by atoms with Gasteiger partial charge < -0.3 is 130 Å². The first-order chi connectivity index (χ1) is 27.9. The number of ether oxygens (including phenoxy) is 9. The van der Waals surface area contributed by atoms with Crippen molar-refractivity contribution in [3.05, 3.63) is 0 Å². The van der Waals surface area contributed by atoms with Crippen molar-refractivity contribution in [3.8, 4) is 0 Å². The number of nitrogens with one attached hydrogen (secondary N) is 1. The molecule has 0 radical (unpaired) electrons. The molecular formula is C32H55NO26. The number of hydrogen-bond donors (Lipinski definition) is 17. The number of rotatable bonds is 14. The summed E-state index contributed by atoms with van der Waals surface area (Å²) in [5.74, 6) is -0.750. The van der Waals surface area contributed by atoms with Gasteiger partial charge in [0.1, 0.15) is 122 Å². The number of hydrogen-bond acceptors (Lipinski definition) is 26. The van der Waals surface area contributed by atoms with E-state index in [4.69, 9.17) is 42.6 Å². The van der Waals surface area contributed by atoms with Gasteiger partial charge >= 0.3 is 0 Å². The summed E-state index contributed by atoms with van der Waals surface area (Å²) in [5, 5.41) is 171. The quantitative estimate of drug-likeness (QED) is 0.0770. The lowest BCUT2D eigenvalue weighted by molar-refractivity contribution is -0.410. The molecule has 344 valence electrons. The lowest BCUT2D eigenvalue weighted by Crippen LogP contribution is -2.69. The molecule has 5 saturated heterocycles. The highest BCUT2D eigenvalue weighted by molar-refractivity contribution is 5.73. The number of carbonyl (C=O) groups is 1. The molecule has 5 aliphatic heterocycles. The van der Waals surface area contributed by atoms with E-state index < -0.39 is 192 Å². The maximum absolute atomic E-state index is 12.0. The first kappa shape index (κ1) is 48.5. The predicted molar refractivity (Wildman–Crippen MR) is 178 cm³/mol. The van der Waals surface area contributed by atoms with Crippen LogP contribution in [0.3, 0.4) is 0 Å². The molecule has 5 aliphatic rings. The lowest BCUT2D eigenvalue weighted by Gasteiger charge is -2.50. The summed E-state index contributed by atoms with van der Waals surface area (Å²) in [5.41, 5.74) is 0. The fourth-order valence-electron chi connectivity index (χ4n) is 7.37. The zero-order chi connectivity index (χ0) is 43.6. The second kappa shape index (κ2) is 20.8. The van der Waals surface area contributed by atoms with Gasteiger partial charge in [0.15, 0.2) is 31.5 Å². The highest BCUT2D eigenvalue weighted by Gasteiger charge is 2.57. The normalized spacial score (nSPS) is 51.0. The Hall–Kier alpha value is -1.53.